The predicted molar refractivity (Wildman–Crippen MR) is 116 cm³/mol. The monoisotopic (exact) mass is 441 g/mol. The van der Waals surface area contributed by atoms with E-state index in [2.05, 4.69) is 20.9 Å². The molecular weight excluding hydrogens is 423 g/mol. The van der Waals surface area contributed by atoms with Crippen LogP contribution >= 0.6 is 0 Å². The van der Waals surface area contributed by atoms with Crippen LogP contribution in [0, 0.1) is 5.92 Å². The summed E-state index contributed by atoms with van der Waals surface area (Å²) in [5, 5.41) is 7.50. The van der Waals surface area contributed by atoms with E-state index in [4.69, 9.17) is 5.73 Å². The van der Waals surface area contributed by atoms with E-state index < -0.39 is 23.5 Å². The van der Waals surface area contributed by atoms with Crippen LogP contribution in [0.25, 0.3) is 5.57 Å². The van der Waals surface area contributed by atoms with E-state index in [1.807, 2.05) is 12.2 Å². The molecule has 5 N–H and O–H groups in total. The van der Waals surface area contributed by atoms with E-state index in [1.54, 1.807) is 30.3 Å². The molecule has 2 aliphatic rings. The maximum Gasteiger partial charge on any atom is 0.418 e. The number of halogens is 3. The zero-order valence-corrected chi connectivity index (χ0v) is 16.5. The number of nitrogens with zero attached hydrogens (tertiary/aromatic N) is 1. The lowest BCUT2D eigenvalue weighted by molar-refractivity contribution is -0.136. The molecule has 1 heterocycles. The van der Waals surface area contributed by atoms with Crippen LogP contribution in [0.15, 0.2) is 65.7 Å². The number of alkyl halides is 3. The highest BCUT2D eigenvalue weighted by atomic mass is 19.4. The first-order valence-corrected chi connectivity index (χ1v) is 9.58. The van der Waals surface area contributed by atoms with Crippen LogP contribution in [0.4, 0.5) is 35.0 Å². The maximum absolute atomic E-state index is 13.0. The summed E-state index contributed by atoms with van der Waals surface area (Å²) >= 11 is 0. The zero-order chi connectivity index (χ0) is 22.9. The number of hydrogen-bond donors (Lipinski definition) is 4. The highest BCUT2D eigenvalue weighted by Gasteiger charge is 2.33. The highest BCUT2D eigenvalue weighted by molar-refractivity contribution is 6.00. The lowest BCUT2D eigenvalue weighted by Gasteiger charge is -2.25. The molecule has 0 spiro atoms. The van der Waals surface area contributed by atoms with Crippen molar-refractivity contribution in [2.45, 2.75) is 12.2 Å². The molecule has 0 bridgehead atoms. The standard InChI is InChI=1S/C22H18F3N5O2/c23-22(24,25)17-10-15(6-8-18(17)26)30-21(32)29-14-4-1-12(2-5-14)13-3-7-16-19(9-13)27-11-28-20(16)31/h1-11,16,19H,26H2,(H,27,28,31)(H2,29,30,32). The summed E-state index contributed by atoms with van der Waals surface area (Å²) in [5.41, 5.74) is 6.08. The Bertz CT molecular complexity index is 1150. The Kier molecular flexibility index (Phi) is 5.43. The molecule has 7 nitrogen and oxygen atoms in total. The molecule has 0 saturated heterocycles. The summed E-state index contributed by atoms with van der Waals surface area (Å²) in [7, 11) is 0. The van der Waals surface area contributed by atoms with Crippen LogP contribution in [0.2, 0.25) is 0 Å². The molecule has 2 unspecified atom stereocenters. The molecule has 0 radical (unpaired) electrons. The third-order valence-corrected chi connectivity index (χ3v) is 5.05. The average Bonchev–Trinajstić information content (AvgIpc) is 2.75. The summed E-state index contributed by atoms with van der Waals surface area (Å²) < 4.78 is 38.9. The van der Waals surface area contributed by atoms with Gasteiger partial charge in [0.15, 0.2) is 0 Å². The second kappa shape index (κ2) is 8.22. The normalized spacial score (nSPS) is 19.6. The number of fused-ring (bicyclic) bond motifs is 1. The summed E-state index contributed by atoms with van der Waals surface area (Å²) in [6.07, 6.45) is 2.31. The van der Waals surface area contributed by atoms with Crippen molar-refractivity contribution < 1.29 is 22.8 Å². The van der Waals surface area contributed by atoms with E-state index in [1.165, 1.54) is 12.4 Å². The number of nitrogens with one attached hydrogen (secondary N) is 3. The minimum Gasteiger partial charge on any atom is -0.398 e. The molecule has 2 atom stereocenters. The number of allylic oxidation sites excluding steroid dienone is 2. The Hall–Kier alpha value is -4.08. The largest absolute Gasteiger partial charge is 0.418 e. The Labute approximate surface area is 180 Å². The molecule has 4 rings (SSSR count). The van der Waals surface area contributed by atoms with Gasteiger partial charge < -0.3 is 21.7 Å². The van der Waals surface area contributed by atoms with E-state index >= 15 is 0 Å². The van der Waals surface area contributed by atoms with Gasteiger partial charge in [-0.15, -0.1) is 0 Å². The van der Waals surface area contributed by atoms with E-state index in [0.717, 1.165) is 23.3 Å². The molecule has 10 heteroatoms. The number of carbonyl (C=O) groups excluding carboxylic acids is 2. The first-order valence-electron chi connectivity index (χ1n) is 9.58. The van der Waals surface area contributed by atoms with E-state index in [-0.39, 0.29) is 23.6 Å². The SMILES string of the molecule is Nc1ccc(NC(=O)Nc2ccc(C3=CC4N=CNC(=O)C4C=C3)cc2)cc1C(F)(F)F. The van der Waals surface area contributed by atoms with Gasteiger partial charge in [0.1, 0.15) is 0 Å². The van der Waals surface area contributed by atoms with Gasteiger partial charge in [-0.3, -0.25) is 9.79 Å². The summed E-state index contributed by atoms with van der Waals surface area (Å²) in [6.45, 7) is 0. The number of nitrogen functional groups attached to an aromatic ring is 1. The molecule has 2 aromatic rings. The summed E-state index contributed by atoms with van der Waals surface area (Å²) in [5.74, 6) is -0.440. The van der Waals surface area contributed by atoms with E-state index in [0.29, 0.717) is 5.69 Å². The number of hydrogen-bond acceptors (Lipinski definition) is 4. The number of benzene rings is 2. The Balaban J connectivity index is 1.42. The number of urea groups is 1. The van der Waals surface area contributed by atoms with Crippen LogP contribution in [0.5, 0.6) is 0 Å². The fraction of sp³-hybridized carbons (Fsp3) is 0.136. The van der Waals surface area contributed by atoms with Crippen LogP contribution in [0.3, 0.4) is 0 Å². The van der Waals surface area contributed by atoms with Gasteiger partial charge in [0.25, 0.3) is 0 Å². The van der Waals surface area contributed by atoms with Gasteiger partial charge in [0, 0.05) is 17.1 Å². The minimum absolute atomic E-state index is 0.0372. The molecule has 3 amide bonds. The topological polar surface area (TPSA) is 109 Å². The Morgan fingerprint density at radius 3 is 2.47 bits per heavy atom. The third-order valence-electron chi connectivity index (χ3n) is 5.05. The molecule has 1 aliphatic heterocycles. The summed E-state index contributed by atoms with van der Waals surface area (Å²) in [6, 6.07) is 9.08. The molecular formula is C22H18F3N5O2. The van der Waals surface area contributed by atoms with Crippen LogP contribution < -0.4 is 21.7 Å². The van der Waals surface area contributed by atoms with Crippen molar-refractivity contribution in [2.75, 3.05) is 16.4 Å². The predicted octanol–water partition coefficient (Wildman–Crippen LogP) is 4.03. The Morgan fingerprint density at radius 2 is 1.75 bits per heavy atom. The van der Waals surface area contributed by atoms with Gasteiger partial charge in [-0.1, -0.05) is 30.4 Å². The van der Waals surface area contributed by atoms with Crippen molar-refractivity contribution in [3.63, 3.8) is 0 Å². The first-order chi connectivity index (χ1) is 15.2. The fourth-order valence-corrected chi connectivity index (χ4v) is 3.44. The van der Waals surface area contributed by atoms with Crippen molar-refractivity contribution in [1.82, 2.24) is 5.32 Å². The summed E-state index contributed by atoms with van der Waals surface area (Å²) in [4.78, 5) is 28.3. The third kappa shape index (κ3) is 4.48. The molecule has 2 aromatic carbocycles. The van der Waals surface area contributed by atoms with Gasteiger partial charge in [0.05, 0.1) is 23.9 Å². The van der Waals surface area contributed by atoms with E-state index in [9.17, 15) is 22.8 Å². The number of anilines is 3. The number of amides is 3. The van der Waals surface area contributed by atoms with Crippen molar-refractivity contribution >= 4 is 40.9 Å². The molecule has 0 saturated carbocycles. The molecule has 0 aromatic heterocycles. The Morgan fingerprint density at radius 1 is 1.06 bits per heavy atom. The van der Waals surface area contributed by atoms with Gasteiger partial charge >= 0.3 is 12.2 Å². The average molecular weight is 441 g/mol. The number of aliphatic imine (C=N–C) groups is 1. The first kappa shape index (κ1) is 21.2. The van der Waals surface area contributed by atoms with Crippen molar-refractivity contribution in [3.8, 4) is 0 Å². The smallest absolute Gasteiger partial charge is 0.398 e. The van der Waals surface area contributed by atoms with Gasteiger partial charge in [-0.05, 0) is 41.5 Å². The maximum atomic E-state index is 13.0. The van der Waals surface area contributed by atoms with Crippen LogP contribution in [-0.4, -0.2) is 24.3 Å². The molecule has 1 aliphatic carbocycles. The van der Waals surface area contributed by atoms with Crippen LogP contribution in [0.1, 0.15) is 11.1 Å². The van der Waals surface area contributed by atoms with Gasteiger partial charge in [0.2, 0.25) is 5.91 Å². The number of carbonyl (C=O) groups is 2. The molecule has 0 fully saturated rings. The second-order valence-electron chi connectivity index (χ2n) is 7.24. The fourth-order valence-electron chi connectivity index (χ4n) is 3.44. The molecule has 32 heavy (non-hydrogen) atoms. The van der Waals surface area contributed by atoms with Crippen molar-refractivity contribution in [2.24, 2.45) is 10.9 Å². The van der Waals surface area contributed by atoms with Gasteiger partial charge in [-0.25, -0.2) is 4.79 Å². The van der Waals surface area contributed by atoms with Crippen molar-refractivity contribution in [1.29, 1.82) is 0 Å². The number of rotatable bonds is 3. The minimum atomic E-state index is -4.62. The lowest BCUT2D eigenvalue weighted by Crippen LogP contribution is -2.40. The highest BCUT2D eigenvalue weighted by Crippen LogP contribution is 2.35. The number of nitrogens with two attached hydrogens (primary N) is 1. The van der Waals surface area contributed by atoms with Gasteiger partial charge in [-0.2, -0.15) is 13.2 Å². The lowest BCUT2D eigenvalue weighted by atomic mass is 9.88. The second-order valence-corrected chi connectivity index (χ2v) is 7.24. The quantitative estimate of drug-likeness (QED) is 0.540. The van der Waals surface area contributed by atoms with Crippen molar-refractivity contribution in [3.05, 3.63) is 71.8 Å². The zero-order valence-electron chi connectivity index (χ0n) is 16.5. The van der Waals surface area contributed by atoms with Crippen LogP contribution in [-0.2, 0) is 11.0 Å². The molecule has 164 valence electrons.